The zero-order valence-electron chi connectivity index (χ0n) is 12.5. The number of benzene rings is 2. The SMILES string of the molecule is C=Cc1onc(C)c1-c1ccccc1C(=O)c1ccc(Cl)cc1. The van der Waals surface area contributed by atoms with Crippen molar-refractivity contribution in [1.82, 2.24) is 5.16 Å². The number of aromatic nitrogens is 1. The van der Waals surface area contributed by atoms with E-state index in [4.69, 9.17) is 16.1 Å². The van der Waals surface area contributed by atoms with Crippen molar-refractivity contribution in [1.29, 1.82) is 0 Å². The van der Waals surface area contributed by atoms with Crippen LogP contribution in [-0.4, -0.2) is 10.9 Å². The van der Waals surface area contributed by atoms with Gasteiger partial charge >= 0.3 is 0 Å². The first-order chi connectivity index (χ1) is 11.1. The third-order valence-electron chi connectivity index (χ3n) is 3.62. The predicted molar refractivity (Wildman–Crippen MR) is 91.7 cm³/mol. The summed E-state index contributed by atoms with van der Waals surface area (Å²) in [6.07, 6.45) is 1.60. The standard InChI is InChI=1S/C19H14ClNO2/c1-3-17-18(12(2)21-23-17)15-6-4-5-7-16(15)19(22)13-8-10-14(20)11-9-13/h3-11H,1H2,2H3. The summed E-state index contributed by atoms with van der Waals surface area (Å²) in [4.78, 5) is 12.9. The lowest BCUT2D eigenvalue weighted by Gasteiger charge is -2.09. The van der Waals surface area contributed by atoms with E-state index < -0.39 is 0 Å². The maximum Gasteiger partial charge on any atom is 0.193 e. The molecule has 0 amide bonds. The Kier molecular flexibility index (Phi) is 4.13. The quantitative estimate of drug-likeness (QED) is 0.621. The Morgan fingerprint density at radius 2 is 1.87 bits per heavy atom. The zero-order chi connectivity index (χ0) is 16.4. The highest BCUT2D eigenvalue weighted by molar-refractivity contribution is 6.30. The van der Waals surface area contributed by atoms with Gasteiger partial charge in [-0.3, -0.25) is 4.79 Å². The van der Waals surface area contributed by atoms with E-state index in [1.54, 1.807) is 36.4 Å². The fraction of sp³-hybridized carbons (Fsp3) is 0.0526. The number of halogens is 1. The number of hydrogen-bond acceptors (Lipinski definition) is 3. The van der Waals surface area contributed by atoms with E-state index in [1.807, 2.05) is 25.1 Å². The summed E-state index contributed by atoms with van der Waals surface area (Å²) < 4.78 is 5.26. The molecule has 0 aliphatic carbocycles. The third-order valence-corrected chi connectivity index (χ3v) is 3.87. The summed E-state index contributed by atoms with van der Waals surface area (Å²) >= 11 is 5.89. The first-order valence-electron chi connectivity index (χ1n) is 7.10. The van der Waals surface area contributed by atoms with Crippen molar-refractivity contribution in [2.24, 2.45) is 0 Å². The van der Waals surface area contributed by atoms with Crippen molar-refractivity contribution in [3.63, 3.8) is 0 Å². The molecule has 0 N–H and O–H groups in total. The van der Waals surface area contributed by atoms with Crippen LogP contribution in [0.4, 0.5) is 0 Å². The van der Waals surface area contributed by atoms with Crippen molar-refractivity contribution in [2.45, 2.75) is 6.92 Å². The summed E-state index contributed by atoms with van der Waals surface area (Å²) in [5.41, 5.74) is 3.45. The summed E-state index contributed by atoms with van der Waals surface area (Å²) in [5.74, 6) is 0.478. The van der Waals surface area contributed by atoms with Crippen LogP contribution < -0.4 is 0 Å². The van der Waals surface area contributed by atoms with Crippen LogP contribution in [0.5, 0.6) is 0 Å². The Labute approximate surface area is 139 Å². The molecule has 0 unspecified atom stereocenters. The molecule has 0 aliphatic rings. The van der Waals surface area contributed by atoms with E-state index in [-0.39, 0.29) is 5.78 Å². The van der Waals surface area contributed by atoms with Gasteiger partial charge in [-0.25, -0.2) is 0 Å². The first kappa shape index (κ1) is 15.3. The molecule has 1 aromatic heterocycles. The minimum Gasteiger partial charge on any atom is -0.356 e. The third kappa shape index (κ3) is 2.83. The number of aryl methyl sites for hydroxylation is 1. The van der Waals surface area contributed by atoms with Gasteiger partial charge in [-0.15, -0.1) is 0 Å². The second-order valence-electron chi connectivity index (χ2n) is 5.09. The fourth-order valence-electron chi connectivity index (χ4n) is 2.51. The Balaban J connectivity index is 2.15. The molecule has 4 heteroatoms. The molecule has 114 valence electrons. The van der Waals surface area contributed by atoms with E-state index in [2.05, 4.69) is 11.7 Å². The minimum absolute atomic E-state index is 0.0760. The van der Waals surface area contributed by atoms with Crippen LogP contribution in [0.3, 0.4) is 0 Å². The lowest BCUT2D eigenvalue weighted by Crippen LogP contribution is -2.03. The van der Waals surface area contributed by atoms with Crippen molar-refractivity contribution in [2.75, 3.05) is 0 Å². The Hall–Kier alpha value is -2.65. The van der Waals surface area contributed by atoms with Gasteiger partial charge in [0.25, 0.3) is 0 Å². The number of carbonyl (C=O) groups is 1. The number of nitrogens with zero attached hydrogens (tertiary/aromatic N) is 1. The number of carbonyl (C=O) groups excluding carboxylic acids is 1. The molecule has 3 nitrogen and oxygen atoms in total. The summed E-state index contributed by atoms with van der Waals surface area (Å²) in [5, 5.41) is 4.57. The van der Waals surface area contributed by atoms with E-state index in [0.29, 0.717) is 21.9 Å². The molecule has 0 saturated carbocycles. The van der Waals surface area contributed by atoms with Gasteiger partial charge in [0.05, 0.1) is 11.3 Å². The van der Waals surface area contributed by atoms with Crippen LogP contribution in [-0.2, 0) is 0 Å². The molecule has 1 heterocycles. The average Bonchev–Trinajstić information content (AvgIpc) is 2.95. The number of hydrogen-bond donors (Lipinski definition) is 0. The topological polar surface area (TPSA) is 43.1 Å². The Morgan fingerprint density at radius 1 is 1.17 bits per heavy atom. The second-order valence-corrected chi connectivity index (χ2v) is 5.53. The molecule has 0 spiro atoms. The second kappa shape index (κ2) is 6.23. The van der Waals surface area contributed by atoms with E-state index in [1.165, 1.54) is 0 Å². The highest BCUT2D eigenvalue weighted by Crippen LogP contribution is 2.32. The number of ketones is 1. The maximum absolute atomic E-state index is 12.9. The highest BCUT2D eigenvalue weighted by Gasteiger charge is 2.20. The molecule has 3 aromatic rings. The predicted octanol–water partition coefficient (Wildman–Crippen LogP) is 5.18. The van der Waals surface area contributed by atoms with Gasteiger partial charge in [0, 0.05) is 16.1 Å². The minimum atomic E-state index is -0.0760. The maximum atomic E-state index is 12.9. The molecule has 3 rings (SSSR count). The smallest absolute Gasteiger partial charge is 0.193 e. The van der Waals surface area contributed by atoms with Gasteiger partial charge in [-0.2, -0.15) is 0 Å². The Bertz CT molecular complexity index is 879. The van der Waals surface area contributed by atoms with Crippen molar-refractivity contribution in [3.8, 4) is 11.1 Å². The van der Waals surface area contributed by atoms with Gasteiger partial charge in [0.1, 0.15) is 0 Å². The van der Waals surface area contributed by atoms with E-state index in [0.717, 1.165) is 16.8 Å². The normalized spacial score (nSPS) is 10.5. The molecule has 0 bridgehead atoms. The summed E-state index contributed by atoms with van der Waals surface area (Å²) in [7, 11) is 0. The van der Waals surface area contributed by atoms with Crippen LogP contribution in [0.25, 0.3) is 17.2 Å². The molecular weight excluding hydrogens is 310 g/mol. The van der Waals surface area contributed by atoms with Crippen LogP contribution in [0.15, 0.2) is 59.6 Å². The number of rotatable bonds is 4. The lowest BCUT2D eigenvalue weighted by atomic mass is 9.93. The molecular formula is C19H14ClNO2. The van der Waals surface area contributed by atoms with Crippen LogP contribution >= 0.6 is 11.6 Å². The molecule has 0 fully saturated rings. The van der Waals surface area contributed by atoms with Crippen molar-refractivity contribution < 1.29 is 9.32 Å². The van der Waals surface area contributed by atoms with Crippen LogP contribution in [0.2, 0.25) is 5.02 Å². The van der Waals surface area contributed by atoms with Gasteiger partial charge in [0.2, 0.25) is 0 Å². The average molecular weight is 324 g/mol. The van der Waals surface area contributed by atoms with Crippen LogP contribution in [0.1, 0.15) is 27.4 Å². The fourth-order valence-corrected chi connectivity index (χ4v) is 2.64. The highest BCUT2D eigenvalue weighted by atomic mass is 35.5. The van der Waals surface area contributed by atoms with Crippen molar-refractivity contribution in [3.05, 3.63) is 82.7 Å². The van der Waals surface area contributed by atoms with E-state index in [9.17, 15) is 4.79 Å². The lowest BCUT2D eigenvalue weighted by molar-refractivity contribution is 0.103. The molecule has 23 heavy (non-hydrogen) atoms. The zero-order valence-corrected chi connectivity index (χ0v) is 13.3. The van der Waals surface area contributed by atoms with Crippen LogP contribution in [0, 0.1) is 6.92 Å². The summed E-state index contributed by atoms with van der Waals surface area (Å²) in [6, 6.07) is 14.2. The van der Waals surface area contributed by atoms with Crippen molar-refractivity contribution >= 4 is 23.5 Å². The van der Waals surface area contributed by atoms with Gasteiger partial charge in [0.15, 0.2) is 11.5 Å². The van der Waals surface area contributed by atoms with Gasteiger partial charge in [-0.1, -0.05) is 47.6 Å². The molecule has 2 aromatic carbocycles. The van der Waals surface area contributed by atoms with Gasteiger partial charge in [-0.05, 0) is 42.8 Å². The molecule has 0 atom stereocenters. The van der Waals surface area contributed by atoms with Gasteiger partial charge < -0.3 is 4.52 Å². The monoisotopic (exact) mass is 323 g/mol. The molecule has 0 saturated heterocycles. The molecule has 0 aliphatic heterocycles. The summed E-state index contributed by atoms with van der Waals surface area (Å²) in [6.45, 7) is 5.58. The van der Waals surface area contributed by atoms with E-state index >= 15 is 0 Å². The molecule has 0 radical (unpaired) electrons. The largest absolute Gasteiger partial charge is 0.356 e. The first-order valence-corrected chi connectivity index (χ1v) is 7.48. The Morgan fingerprint density at radius 3 is 2.57 bits per heavy atom.